The summed E-state index contributed by atoms with van der Waals surface area (Å²) < 4.78 is 11.0. The fourth-order valence-electron chi connectivity index (χ4n) is 3.13. The highest BCUT2D eigenvalue weighted by molar-refractivity contribution is 5.91. The molecule has 1 aliphatic carbocycles. The van der Waals surface area contributed by atoms with Crippen LogP contribution in [-0.4, -0.2) is 29.4 Å². The van der Waals surface area contributed by atoms with E-state index >= 15 is 0 Å². The van der Waals surface area contributed by atoms with E-state index in [1.54, 1.807) is 6.08 Å². The van der Waals surface area contributed by atoms with E-state index in [1.165, 1.54) is 0 Å². The van der Waals surface area contributed by atoms with E-state index in [-0.39, 0.29) is 24.1 Å². The molecule has 4 heteroatoms. The fraction of sp³-hybridized carbons (Fsp3) is 0.438. The van der Waals surface area contributed by atoms with Crippen molar-refractivity contribution < 1.29 is 19.4 Å². The van der Waals surface area contributed by atoms with Crippen LogP contribution >= 0.6 is 0 Å². The van der Waals surface area contributed by atoms with Crippen molar-refractivity contribution >= 4 is 5.97 Å². The van der Waals surface area contributed by atoms with E-state index in [2.05, 4.69) is 13.2 Å². The first-order valence-electron chi connectivity index (χ1n) is 6.77. The van der Waals surface area contributed by atoms with E-state index in [1.807, 2.05) is 13.0 Å². The number of hydrogen-bond donors (Lipinski definition) is 1. The molecule has 0 radical (unpaired) electrons. The van der Waals surface area contributed by atoms with Crippen LogP contribution in [0.15, 0.2) is 47.8 Å². The number of esters is 1. The Labute approximate surface area is 118 Å². The second-order valence-corrected chi connectivity index (χ2v) is 5.68. The molecule has 0 unspecified atom stereocenters. The number of rotatable bonds is 0. The van der Waals surface area contributed by atoms with Gasteiger partial charge in [0.2, 0.25) is 0 Å². The Hall–Kier alpha value is -1.81. The van der Waals surface area contributed by atoms with E-state index in [9.17, 15) is 9.90 Å². The molecule has 1 saturated heterocycles. The average Bonchev–Trinajstić information content (AvgIpc) is 2.80. The Morgan fingerprint density at radius 3 is 2.75 bits per heavy atom. The monoisotopic (exact) mass is 274 g/mol. The van der Waals surface area contributed by atoms with Gasteiger partial charge in [-0.1, -0.05) is 24.8 Å². The zero-order valence-electron chi connectivity index (χ0n) is 11.5. The lowest BCUT2D eigenvalue weighted by Crippen LogP contribution is -2.29. The number of carbonyl (C=O) groups excluding carboxylic acids is 1. The summed E-state index contributed by atoms with van der Waals surface area (Å²) in [4.78, 5) is 11.9. The van der Waals surface area contributed by atoms with Gasteiger partial charge in [0.05, 0.1) is 12.0 Å². The van der Waals surface area contributed by atoms with Gasteiger partial charge in [0.15, 0.2) is 0 Å². The molecule has 1 fully saturated rings. The molecule has 0 amide bonds. The maximum atomic E-state index is 11.9. The lowest BCUT2D eigenvalue weighted by molar-refractivity contribution is -0.139. The van der Waals surface area contributed by atoms with Gasteiger partial charge < -0.3 is 14.6 Å². The first kappa shape index (κ1) is 13.2. The van der Waals surface area contributed by atoms with Crippen molar-refractivity contribution in [3.05, 3.63) is 47.8 Å². The van der Waals surface area contributed by atoms with Crippen LogP contribution in [0.4, 0.5) is 0 Å². The summed E-state index contributed by atoms with van der Waals surface area (Å²) in [6.45, 7) is 9.69. The molecule has 0 spiro atoms. The van der Waals surface area contributed by atoms with Crippen LogP contribution in [0.5, 0.6) is 0 Å². The minimum Gasteiger partial charge on any atom is -0.490 e. The van der Waals surface area contributed by atoms with Crippen LogP contribution in [0.3, 0.4) is 0 Å². The largest absolute Gasteiger partial charge is 0.490 e. The number of aliphatic hydroxyl groups is 1. The summed E-state index contributed by atoms with van der Waals surface area (Å²) in [5.41, 5.74) is 2.31. The third-order valence-electron chi connectivity index (χ3n) is 4.13. The molecule has 4 nitrogen and oxygen atoms in total. The Kier molecular flexibility index (Phi) is 3.05. The lowest BCUT2D eigenvalue weighted by Gasteiger charge is -2.22. The van der Waals surface area contributed by atoms with Gasteiger partial charge in [-0.25, -0.2) is 4.79 Å². The maximum Gasteiger partial charge on any atom is 0.334 e. The highest BCUT2D eigenvalue weighted by atomic mass is 16.5. The van der Waals surface area contributed by atoms with Crippen molar-refractivity contribution in [2.45, 2.75) is 38.1 Å². The van der Waals surface area contributed by atoms with Gasteiger partial charge in [-0.2, -0.15) is 0 Å². The van der Waals surface area contributed by atoms with Gasteiger partial charge in [-0.05, 0) is 18.6 Å². The van der Waals surface area contributed by atoms with Gasteiger partial charge in [-0.3, -0.25) is 0 Å². The number of allylic oxidation sites excluding steroid dienone is 1. The smallest absolute Gasteiger partial charge is 0.334 e. The van der Waals surface area contributed by atoms with Crippen molar-refractivity contribution in [3.8, 4) is 0 Å². The molecule has 1 N–H and O–H groups in total. The predicted molar refractivity (Wildman–Crippen MR) is 73.6 cm³/mol. The lowest BCUT2D eigenvalue weighted by atomic mass is 9.85. The predicted octanol–water partition coefficient (Wildman–Crippen LogP) is 2.02. The van der Waals surface area contributed by atoms with Crippen LogP contribution < -0.4 is 0 Å². The number of aliphatic hydroxyl groups excluding tert-OH is 1. The Morgan fingerprint density at radius 1 is 1.25 bits per heavy atom. The number of ether oxygens (including phenoxy) is 2. The second-order valence-electron chi connectivity index (χ2n) is 5.68. The summed E-state index contributed by atoms with van der Waals surface area (Å²) in [5.74, 6) is -0.0548. The molecule has 4 atom stereocenters. The van der Waals surface area contributed by atoms with E-state index in [0.717, 1.165) is 5.57 Å². The van der Waals surface area contributed by atoms with Gasteiger partial charge in [0, 0.05) is 18.4 Å². The number of fused-ring (bicyclic) bond motifs is 2. The Morgan fingerprint density at radius 2 is 2.00 bits per heavy atom. The summed E-state index contributed by atoms with van der Waals surface area (Å²) in [7, 11) is 0. The molecule has 20 heavy (non-hydrogen) atoms. The highest BCUT2D eigenvalue weighted by Crippen LogP contribution is 2.40. The molecule has 0 aromatic rings. The Balaban J connectivity index is 1.99. The first-order chi connectivity index (χ1) is 9.45. The molecule has 3 rings (SSSR count). The second kappa shape index (κ2) is 4.63. The maximum absolute atomic E-state index is 11.9. The minimum absolute atomic E-state index is 0.231. The summed E-state index contributed by atoms with van der Waals surface area (Å²) in [5, 5.41) is 10.4. The van der Waals surface area contributed by atoms with Crippen molar-refractivity contribution in [2.24, 2.45) is 5.92 Å². The van der Waals surface area contributed by atoms with Gasteiger partial charge in [0.25, 0.3) is 0 Å². The quantitative estimate of drug-likeness (QED) is 0.542. The molecule has 2 aliphatic heterocycles. The summed E-state index contributed by atoms with van der Waals surface area (Å²) in [6, 6.07) is 0. The summed E-state index contributed by atoms with van der Waals surface area (Å²) in [6.07, 6.45) is 3.46. The number of hydrogen-bond acceptors (Lipinski definition) is 4. The van der Waals surface area contributed by atoms with Crippen molar-refractivity contribution in [3.63, 3.8) is 0 Å². The third-order valence-corrected chi connectivity index (χ3v) is 4.13. The minimum atomic E-state index is -0.681. The molecule has 0 aromatic carbocycles. The van der Waals surface area contributed by atoms with Crippen molar-refractivity contribution in [1.82, 2.24) is 0 Å². The molecule has 0 saturated carbocycles. The van der Waals surface area contributed by atoms with E-state index in [4.69, 9.17) is 9.47 Å². The van der Waals surface area contributed by atoms with Crippen molar-refractivity contribution in [1.29, 1.82) is 0 Å². The van der Waals surface area contributed by atoms with Crippen LogP contribution in [-0.2, 0) is 14.3 Å². The SMILES string of the molecule is C=C1O[C@H]2CC3=C[C@@H](C/C(C)=C/[C@@H](O)[C@@H]2C1=C)OC3=O. The highest BCUT2D eigenvalue weighted by Gasteiger charge is 2.42. The molecular formula is C16H18O4. The van der Waals surface area contributed by atoms with Gasteiger partial charge in [0.1, 0.15) is 18.0 Å². The fourth-order valence-corrected chi connectivity index (χ4v) is 3.13. The summed E-state index contributed by atoms with van der Waals surface area (Å²) >= 11 is 0. The van der Waals surface area contributed by atoms with Crippen LogP contribution in [0.25, 0.3) is 0 Å². The molecule has 2 heterocycles. The zero-order chi connectivity index (χ0) is 14.4. The van der Waals surface area contributed by atoms with Crippen molar-refractivity contribution in [2.75, 3.05) is 0 Å². The van der Waals surface area contributed by atoms with Crippen LogP contribution in [0, 0.1) is 5.92 Å². The van der Waals surface area contributed by atoms with Crippen LogP contribution in [0.1, 0.15) is 19.8 Å². The third kappa shape index (κ3) is 2.10. The molecule has 0 aromatic heterocycles. The van der Waals surface area contributed by atoms with Crippen LogP contribution in [0.2, 0.25) is 0 Å². The molecule has 106 valence electrons. The van der Waals surface area contributed by atoms with Gasteiger partial charge >= 0.3 is 5.97 Å². The molecular weight excluding hydrogens is 256 g/mol. The standard InChI is InChI=1S/C16H18O4/c1-8-4-12-6-11(16(18)20-12)7-14-15(13(17)5-8)9(2)10(3)19-14/h5-6,12-15,17H,2-4,7H2,1H3/b8-5+/t12-,13-,14+,15+/m1/s1. The zero-order valence-corrected chi connectivity index (χ0v) is 11.5. The molecule has 3 aliphatic rings. The Bertz CT molecular complexity index is 555. The van der Waals surface area contributed by atoms with E-state index in [0.29, 0.717) is 29.7 Å². The molecule has 2 bridgehead atoms. The number of carbonyl (C=O) groups is 1. The normalized spacial score (nSPS) is 39.4. The topological polar surface area (TPSA) is 55.8 Å². The van der Waals surface area contributed by atoms with E-state index < -0.39 is 6.10 Å². The van der Waals surface area contributed by atoms with Gasteiger partial charge in [-0.15, -0.1) is 0 Å². The average molecular weight is 274 g/mol. The first-order valence-corrected chi connectivity index (χ1v) is 6.77.